The molecule has 120 valence electrons. The van der Waals surface area contributed by atoms with Crippen molar-refractivity contribution in [1.29, 1.82) is 0 Å². The minimum atomic E-state index is -1.09. The lowest BCUT2D eigenvalue weighted by atomic mass is 10.1. The molecule has 0 aromatic heterocycles. The Balaban J connectivity index is 1.73. The fraction of sp³-hybridized carbons (Fsp3) is 0.467. The van der Waals surface area contributed by atoms with Gasteiger partial charge in [-0.25, -0.2) is 0 Å². The van der Waals surface area contributed by atoms with Gasteiger partial charge in [0.2, 0.25) is 0 Å². The van der Waals surface area contributed by atoms with Gasteiger partial charge >= 0.3 is 5.97 Å². The van der Waals surface area contributed by atoms with E-state index < -0.39 is 15.7 Å². The van der Waals surface area contributed by atoms with Crippen LogP contribution in [0.15, 0.2) is 24.3 Å². The van der Waals surface area contributed by atoms with E-state index in [4.69, 9.17) is 32.7 Å². The minimum absolute atomic E-state index is 0.329. The zero-order chi connectivity index (χ0) is 16.4. The Morgan fingerprint density at radius 2 is 1.86 bits per heavy atom. The highest BCUT2D eigenvalue weighted by Crippen LogP contribution is 2.64. The number of halogens is 2. The van der Waals surface area contributed by atoms with Crippen molar-refractivity contribution in [2.45, 2.75) is 24.2 Å². The highest BCUT2D eigenvalue weighted by Gasteiger charge is 2.69. The minimum Gasteiger partial charge on any atom is -0.497 e. The lowest BCUT2D eigenvalue weighted by Gasteiger charge is -2.12. The van der Waals surface area contributed by atoms with E-state index in [1.54, 1.807) is 26.2 Å². The van der Waals surface area contributed by atoms with E-state index in [0.717, 1.165) is 11.3 Å². The predicted octanol–water partition coefficient (Wildman–Crippen LogP) is 2.44. The Hall–Kier alpha value is -1.46. The zero-order valence-electron chi connectivity index (χ0n) is 12.3. The van der Waals surface area contributed by atoms with Gasteiger partial charge in [0.05, 0.1) is 7.11 Å². The Labute approximate surface area is 138 Å². The number of alkyl halides is 2. The van der Waals surface area contributed by atoms with Gasteiger partial charge < -0.3 is 14.8 Å². The van der Waals surface area contributed by atoms with Crippen LogP contribution in [0, 0.1) is 5.41 Å². The van der Waals surface area contributed by atoms with E-state index in [-0.39, 0.29) is 12.5 Å². The Kier molecular flexibility index (Phi) is 4.87. The second-order valence-corrected chi connectivity index (χ2v) is 6.90. The van der Waals surface area contributed by atoms with Crippen LogP contribution in [0.1, 0.15) is 18.9 Å². The molecule has 1 atom stereocenters. The second-order valence-electron chi connectivity index (χ2n) is 5.41. The van der Waals surface area contributed by atoms with Crippen LogP contribution < -0.4 is 10.1 Å². The van der Waals surface area contributed by atoms with Crippen molar-refractivity contribution in [3.05, 3.63) is 29.8 Å². The number of methoxy groups -OCH3 is 1. The van der Waals surface area contributed by atoms with E-state index in [0.29, 0.717) is 13.0 Å². The van der Waals surface area contributed by atoms with Crippen LogP contribution in [-0.2, 0) is 20.9 Å². The second kappa shape index (κ2) is 6.34. The number of rotatable bonds is 6. The van der Waals surface area contributed by atoms with Crippen molar-refractivity contribution in [3.8, 4) is 5.75 Å². The van der Waals surface area contributed by atoms with Crippen molar-refractivity contribution >= 4 is 35.1 Å². The van der Waals surface area contributed by atoms with Crippen LogP contribution in [0.4, 0.5) is 0 Å². The summed E-state index contributed by atoms with van der Waals surface area (Å²) in [5, 5.41) is 2.66. The third-order valence-corrected chi connectivity index (χ3v) is 4.79. The van der Waals surface area contributed by atoms with Crippen LogP contribution in [0.25, 0.3) is 0 Å². The highest BCUT2D eigenvalue weighted by atomic mass is 35.5. The molecule has 1 aromatic carbocycles. The molecule has 1 aromatic rings. The number of carbonyl (C=O) groups is 2. The predicted molar refractivity (Wildman–Crippen MR) is 83.0 cm³/mol. The molecule has 0 heterocycles. The monoisotopic (exact) mass is 345 g/mol. The molecular formula is C15H17Cl2NO4. The number of hydrogen-bond acceptors (Lipinski definition) is 4. The average Bonchev–Trinajstić information content (AvgIpc) is 3.03. The molecule has 22 heavy (non-hydrogen) atoms. The van der Waals surface area contributed by atoms with Gasteiger partial charge in [0.25, 0.3) is 5.91 Å². The zero-order valence-corrected chi connectivity index (χ0v) is 13.8. The number of ether oxygens (including phenoxy) is 2. The largest absolute Gasteiger partial charge is 0.497 e. The van der Waals surface area contributed by atoms with Gasteiger partial charge in [0, 0.05) is 13.0 Å². The molecule has 0 aliphatic heterocycles. The summed E-state index contributed by atoms with van der Waals surface area (Å²) in [6.45, 7) is 1.60. The summed E-state index contributed by atoms with van der Waals surface area (Å²) in [6.07, 6.45) is 0.329. The quantitative estimate of drug-likeness (QED) is 0.635. The molecule has 1 aliphatic carbocycles. The highest BCUT2D eigenvalue weighted by molar-refractivity contribution is 6.53. The van der Waals surface area contributed by atoms with Crippen molar-refractivity contribution < 1.29 is 19.1 Å². The van der Waals surface area contributed by atoms with Crippen LogP contribution in [0.2, 0.25) is 0 Å². The molecule has 0 bridgehead atoms. The van der Waals surface area contributed by atoms with Crippen molar-refractivity contribution in [2.75, 3.05) is 13.7 Å². The van der Waals surface area contributed by atoms with E-state index in [1.165, 1.54) is 0 Å². The molecule has 0 spiro atoms. The molecule has 2 rings (SSSR count). The Morgan fingerprint density at radius 3 is 2.36 bits per heavy atom. The molecule has 1 fully saturated rings. The van der Waals surface area contributed by atoms with E-state index in [2.05, 4.69) is 5.32 Å². The van der Waals surface area contributed by atoms with Gasteiger partial charge in [0.15, 0.2) is 6.61 Å². The first kappa shape index (κ1) is 16.9. The summed E-state index contributed by atoms with van der Waals surface area (Å²) in [7, 11) is 1.59. The Morgan fingerprint density at radius 1 is 1.27 bits per heavy atom. The van der Waals surface area contributed by atoms with Gasteiger partial charge in [-0.3, -0.25) is 9.59 Å². The van der Waals surface area contributed by atoms with Crippen molar-refractivity contribution in [1.82, 2.24) is 5.32 Å². The van der Waals surface area contributed by atoms with E-state index in [9.17, 15) is 9.59 Å². The summed E-state index contributed by atoms with van der Waals surface area (Å²) in [4.78, 5) is 23.5. The van der Waals surface area contributed by atoms with Gasteiger partial charge in [-0.05, 0) is 24.6 Å². The first-order chi connectivity index (χ1) is 10.3. The summed E-state index contributed by atoms with van der Waals surface area (Å²) >= 11 is 11.8. The number of esters is 1. The third kappa shape index (κ3) is 3.65. The summed E-state index contributed by atoms with van der Waals surface area (Å²) in [5.74, 6) is -0.201. The number of benzene rings is 1. The third-order valence-electron chi connectivity index (χ3n) is 3.69. The number of hydrogen-bond donors (Lipinski definition) is 1. The molecule has 7 heteroatoms. The smallest absolute Gasteiger partial charge is 0.315 e. The summed E-state index contributed by atoms with van der Waals surface area (Å²) < 4.78 is 8.91. The lowest BCUT2D eigenvalue weighted by Crippen LogP contribution is -2.31. The SMILES string of the molecule is COc1ccc(CNC(=O)COC(=O)C2(C)CC2(Cl)Cl)cc1. The molecule has 1 N–H and O–H groups in total. The van der Waals surface area contributed by atoms with Crippen LogP contribution >= 0.6 is 23.2 Å². The summed E-state index contributed by atoms with van der Waals surface area (Å²) in [5.41, 5.74) is -0.0120. The molecule has 0 radical (unpaired) electrons. The Bertz CT molecular complexity index is 573. The normalized spacial score (nSPS) is 21.8. The maximum Gasteiger partial charge on any atom is 0.315 e. The lowest BCUT2D eigenvalue weighted by molar-refractivity contribution is -0.153. The average molecular weight is 346 g/mol. The first-order valence-electron chi connectivity index (χ1n) is 6.73. The first-order valence-corrected chi connectivity index (χ1v) is 7.49. The maximum atomic E-state index is 11.8. The molecule has 5 nitrogen and oxygen atoms in total. The molecular weight excluding hydrogens is 329 g/mol. The number of amides is 1. The fourth-order valence-corrected chi connectivity index (χ4v) is 2.60. The molecule has 1 amide bonds. The molecule has 1 unspecified atom stereocenters. The number of carbonyl (C=O) groups excluding carboxylic acids is 2. The molecule has 1 aliphatic rings. The van der Waals surface area contributed by atoms with Crippen LogP contribution in [0.3, 0.4) is 0 Å². The summed E-state index contributed by atoms with van der Waals surface area (Å²) in [6, 6.07) is 7.28. The van der Waals surface area contributed by atoms with Gasteiger partial charge in [0.1, 0.15) is 15.5 Å². The van der Waals surface area contributed by atoms with Crippen molar-refractivity contribution in [3.63, 3.8) is 0 Å². The van der Waals surface area contributed by atoms with Crippen LogP contribution in [-0.4, -0.2) is 29.9 Å². The maximum absolute atomic E-state index is 11.8. The standard InChI is InChI=1S/C15H17Cl2NO4/c1-14(9-15(14,16)17)13(20)22-8-12(19)18-7-10-3-5-11(21-2)6-4-10/h3-6H,7-9H2,1-2H3,(H,18,19). The van der Waals surface area contributed by atoms with E-state index >= 15 is 0 Å². The van der Waals surface area contributed by atoms with Gasteiger partial charge in [-0.2, -0.15) is 0 Å². The molecule has 0 saturated heterocycles. The van der Waals surface area contributed by atoms with Gasteiger partial charge in [-0.15, -0.1) is 23.2 Å². The van der Waals surface area contributed by atoms with Gasteiger partial charge in [-0.1, -0.05) is 12.1 Å². The van der Waals surface area contributed by atoms with E-state index in [1.807, 2.05) is 12.1 Å². The fourth-order valence-electron chi connectivity index (χ4n) is 1.91. The van der Waals surface area contributed by atoms with Crippen molar-refractivity contribution in [2.24, 2.45) is 5.41 Å². The topological polar surface area (TPSA) is 64.6 Å². The number of nitrogens with one attached hydrogen (secondary N) is 1. The molecule has 1 saturated carbocycles. The van der Waals surface area contributed by atoms with Crippen LogP contribution in [0.5, 0.6) is 5.75 Å².